The number of nitrogens with two attached hydrogens (primary N) is 1. The second-order valence-electron chi connectivity index (χ2n) is 5.01. The van der Waals surface area contributed by atoms with Crippen LogP contribution >= 0.6 is 11.8 Å². The quantitative estimate of drug-likeness (QED) is 0.548. The molecule has 3 rings (SSSR count). The van der Waals surface area contributed by atoms with E-state index in [1.54, 1.807) is 14.2 Å². The molecule has 1 heterocycles. The summed E-state index contributed by atoms with van der Waals surface area (Å²) in [5.74, 6) is 9.03. The number of aromatic nitrogens is 3. The summed E-state index contributed by atoms with van der Waals surface area (Å²) in [4.78, 5) is 0. The fraction of sp³-hybridized carbons (Fsp3) is 0.176. The van der Waals surface area contributed by atoms with E-state index in [-0.39, 0.29) is 0 Å². The van der Waals surface area contributed by atoms with Crippen LogP contribution in [0.2, 0.25) is 0 Å². The number of rotatable bonds is 6. The molecule has 0 bridgehead atoms. The maximum Gasteiger partial charge on any atom is 0.210 e. The van der Waals surface area contributed by atoms with Crippen molar-refractivity contribution in [3.63, 3.8) is 0 Å². The Morgan fingerprint density at radius 3 is 2.46 bits per heavy atom. The molecule has 1 aromatic heterocycles. The number of hydrogen-bond acceptors (Lipinski definition) is 6. The van der Waals surface area contributed by atoms with Crippen molar-refractivity contribution in [2.45, 2.75) is 10.9 Å². The Bertz CT molecular complexity index is 818. The van der Waals surface area contributed by atoms with E-state index in [1.807, 2.05) is 48.5 Å². The van der Waals surface area contributed by atoms with Gasteiger partial charge in [-0.3, -0.25) is 0 Å². The molecule has 0 aliphatic carbocycles. The van der Waals surface area contributed by atoms with E-state index in [4.69, 9.17) is 15.3 Å². The minimum absolute atomic E-state index is 0.574. The number of nitrogen functional groups attached to an aromatic ring is 1. The minimum atomic E-state index is 0.574. The van der Waals surface area contributed by atoms with Crippen LogP contribution in [0, 0.1) is 0 Å². The number of hydrogen-bond donors (Lipinski definition) is 1. The zero-order valence-corrected chi connectivity index (χ0v) is 14.3. The number of nitrogens with zero attached hydrogens (tertiary/aromatic N) is 3. The Kier molecular flexibility index (Phi) is 4.90. The van der Waals surface area contributed by atoms with Crippen LogP contribution in [0.3, 0.4) is 0 Å². The van der Waals surface area contributed by atoms with E-state index in [0.717, 1.165) is 22.6 Å². The van der Waals surface area contributed by atoms with Crippen LogP contribution in [0.5, 0.6) is 11.5 Å². The largest absolute Gasteiger partial charge is 0.497 e. The average molecular weight is 342 g/mol. The summed E-state index contributed by atoms with van der Waals surface area (Å²) in [5.41, 5.74) is 1.97. The van der Waals surface area contributed by atoms with Gasteiger partial charge in [0.05, 0.1) is 19.8 Å². The third-order valence-corrected chi connectivity index (χ3v) is 4.55. The molecule has 0 aliphatic rings. The van der Waals surface area contributed by atoms with Gasteiger partial charge < -0.3 is 15.3 Å². The molecular formula is C17H18N4O2S. The van der Waals surface area contributed by atoms with E-state index in [2.05, 4.69) is 10.2 Å². The van der Waals surface area contributed by atoms with Crippen molar-refractivity contribution in [2.75, 3.05) is 20.1 Å². The fourth-order valence-electron chi connectivity index (χ4n) is 2.26. The number of ether oxygens (including phenoxy) is 2. The van der Waals surface area contributed by atoms with Crippen molar-refractivity contribution < 1.29 is 9.47 Å². The van der Waals surface area contributed by atoms with Gasteiger partial charge in [-0.05, 0) is 29.8 Å². The van der Waals surface area contributed by atoms with Crippen molar-refractivity contribution in [1.29, 1.82) is 0 Å². The predicted molar refractivity (Wildman–Crippen MR) is 94.7 cm³/mol. The van der Waals surface area contributed by atoms with Gasteiger partial charge in [0, 0.05) is 5.75 Å². The number of para-hydroxylation sites is 1. The number of thioether (sulfide) groups is 1. The lowest BCUT2D eigenvalue weighted by Crippen LogP contribution is -2.11. The van der Waals surface area contributed by atoms with Crippen LogP contribution in [0.15, 0.2) is 53.7 Å². The highest BCUT2D eigenvalue weighted by molar-refractivity contribution is 7.98. The zero-order valence-electron chi connectivity index (χ0n) is 13.5. The lowest BCUT2D eigenvalue weighted by Gasteiger charge is -2.08. The Morgan fingerprint density at radius 1 is 1.00 bits per heavy atom. The monoisotopic (exact) mass is 342 g/mol. The normalized spacial score (nSPS) is 10.6. The molecule has 3 aromatic rings. The molecule has 0 radical (unpaired) electrons. The molecule has 6 nitrogen and oxygen atoms in total. The van der Waals surface area contributed by atoms with Gasteiger partial charge in [-0.1, -0.05) is 36.0 Å². The maximum atomic E-state index is 6.16. The third-order valence-electron chi connectivity index (χ3n) is 3.54. The molecule has 0 aliphatic heterocycles. The smallest absolute Gasteiger partial charge is 0.210 e. The van der Waals surface area contributed by atoms with Gasteiger partial charge in [0.1, 0.15) is 11.5 Å². The summed E-state index contributed by atoms with van der Waals surface area (Å²) in [6.07, 6.45) is 0. The van der Waals surface area contributed by atoms with Crippen LogP contribution in [-0.4, -0.2) is 29.1 Å². The van der Waals surface area contributed by atoms with Crippen molar-refractivity contribution in [1.82, 2.24) is 14.9 Å². The first-order valence-electron chi connectivity index (χ1n) is 7.32. The predicted octanol–water partition coefficient (Wildman–Crippen LogP) is 2.97. The lowest BCUT2D eigenvalue weighted by molar-refractivity contribution is 0.414. The molecular weight excluding hydrogens is 324 g/mol. The maximum absolute atomic E-state index is 6.16. The highest BCUT2D eigenvalue weighted by Crippen LogP contribution is 2.30. The van der Waals surface area contributed by atoms with Crippen LogP contribution < -0.4 is 15.3 Å². The number of benzene rings is 2. The Hall–Kier alpha value is -2.67. The van der Waals surface area contributed by atoms with Crippen molar-refractivity contribution in [3.05, 3.63) is 54.1 Å². The van der Waals surface area contributed by atoms with Crippen molar-refractivity contribution >= 4 is 11.8 Å². The second kappa shape index (κ2) is 7.27. The highest BCUT2D eigenvalue weighted by atomic mass is 32.2. The molecule has 0 fully saturated rings. The summed E-state index contributed by atoms with van der Waals surface area (Å²) in [7, 11) is 3.27. The molecule has 0 spiro atoms. The molecule has 2 aromatic carbocycles. The Labute approximate surface area is 144 Å². The molecule has 7 heteroatoms. The Morgan fingerprint density at radius 2 is 1.75 bits per heavy atom. The SMILES string of the molecule is COc1ccc(CSc2nnc(-c3ccccc3OC)n2N)cc1. The fourth-order valence-corrected chi connectivity index (χ4v) is 3.07. The van der Waals surface area contributed by atoms with Crippen molar-refractivity contribution in [3.8, 4) is 22.9 Å². The van der Waals surface area contributed by atoms with Gasteiger partial charge in [0.2, 0.25) is 5.16 Å². The first-order valence-corrected chi connectivity index (χ1v) is 8.31. The first-order chi connectivity index (χ1) is 11.7. The summed E-state index contributed by atoms with van der Waals surface area (Å²) in [5, 5.41) is 9.03. The molecule has 0 amide bonds. The standard InChI is InChI=1S/C17H18N4O2S/c1-22-13-9-7-12(8-10-13)11-24-17-20-19-16(21(17)18)14-5-3-4-6-15(14)23-2/h3-10H,11,18H2,1-2H3. The molecule has 0 saturated carbocycles. The summed E-state index contributed by atoms with van der Waals surface area (Å²) in [6.45, 7) is 0. The summed E-state index contributed by atoms with van der Waals surface area (Å²) < 4.78 is 12.0. The van der Waals surface area contributed by atoms with Gasteiger partial charge >= 0.3 is 0 Å². The second-order valence-corrected chi connectivity index (χ2v) is 5.96. The molecule has 2 N–H and O–H groups in total. The van der Waals surface area contributed by atoms with Gasteiger partial charge in [0.15, 0.2) is 5.82 Å². The van der Waals surface area contributed by atoms with E-state index >= 15 is 0 Å². The zero-order chi connectivity index (χ0) is 16.9. The van der Waals surface area contributed by atoms with Crippen molar-refractivity contribution in [2.24, 2.45) is 0 Å². The lowest BCUT2D eigenvalue weighted by atomic mass is 10.2. The van der Waals surface area contributed by atoms with Crippen LogP contribution in [-0.2, 0) is 5.75 Å². The molecule has 0 atom stereocenters. The topological polar surface area (TPSA) is 75.2 Å². The molecule has 24 heavy (non-hydrogen) atoms. The average Bonchev–Trinajstić information content (AvgIpc) is 3.00. The molecule has 0 unspecified atom stereocenters. The van der Waals surface area contributed by atoms with Crippen LogP contribution in [0.4, 0.5) is 0 Å². The molecule has 0 saturated heterocycles. The van der Waals surface area contributed by atoms with E-state index in [1.165, 1.54) is 16.4 Å². The first kappa shape index (κ1) is 16.2. The van der Waals surface area contributed by atoms with Crippen LogP contribution in [0.1, 0.15) is 5.56 Å². The summed E-state index contributed by atoms with van der Waals surface area (Å²) >= 11 is 1.53. The highest BCUT2D eigenvalue weighted by Gasteiger charge is 2.15. The molecule has 124 valence electrons. The summed E-state index contributed by atoms with van der Waals surface area (Å²) in [6, 6.07) is 15.5. The number of methoxy groups -OCH3 is 2. The van der Waals surface area contributed by atoms with Gasteiger partial charge in [-0.2, -0.15) is 0 Å². The van der Waals surface area contributed by atoms with Crippen LogP contribution in [0.25, 0.3) is 11.4 Å². The van der Waals surface area contributed by atoms with E-state index < -0.39 is 0 Å². The van der Waals surface area contributed by atoms with Gasteiger partial charge in [0.25, 0.3) is 0 Å². The minimum Gasteiger partial charge on any atom is -0.497 e. The van der Waals surface area contributed by atoms with Gasteiger partial charge in [-0.15, -0.1) is 10.2 Å². The van der Waals surface area contributed by atoms with E-state index in [9.17, 15) is 0 Å². The Balaban J connectivity index is 1.77. The van der Waals surface area contributed by atoms with E-state index in [0.29, 0.717) is 16.7 Å². The van der Waals surface area contributed by atoms with Gasteiger partial charge in [-0.25, -0.2) is 4.68 Å². The third kappa shape index (κ3) is 3.30.